The van der Waals surface area contributed by atoms with E-state index in [-0.39, 0.29) is 23.7 Å². The zero-order valence-electron chi connectivity index (χ0n) is 19.6. The molecular formula is C22H28F5N5O2S. The summed E-state index contributed by atoms with van der Waals surface area (Å²) in [5.74, 6) is -2.71. The molecule has 1 unspecified atom stereocenters. The predicted octanol–water partition coefficient (Wildman–Crippen LogP) is 4.10. The van der Waals surface area contributed by atoms with Gasteiger partial charge in [0, 0.05) is 11.5 Å². The van der Waals surface area contributed by atoms with E-state index in [0.29, 0.717) is 30.3 Å². The number of aromatic nitrogens is 2. The summed E-state index contributed by atoms with van der Waals surface area (Å²) in [6.07, 6.45) is -3.34. The Morgan fingerprint density at radius 1 is 1.09 bits per heavy atom. The molecule has 1 aromatic heterocycles. The maximum absolute atomic E-state index is 13.4. The molecule has 2 aromatic rings. The highest BCUT2D eigenvalue weighted by molar-refractivity contribution is 7.15. The molecule has 2 amide bonds. The highest BCUT2D eigenvalue weighted by atomic mass is 32.1. The van der Waals surface area contributed by atoms with E-state index in [1.165, 1.54) is 0 Å². The number of amides is 2. The minimum Gasteiger partial charge on any atom is -0.344 e. The fraction of sp³-hybridized carbons (Fsp3) is 0.545. The van der Waals surface area contributed by atoms with Crippen molar-refractivity contribution in [3.63, 3.8) is 0 Å². The van der Waals surface area contributed by atoms with Gasteiger partial charge in [-0.25, -0.2) is 8.78 Å². The minimum atomic E-state index is -4.29. The molecule has 0 aliphatic rings. The van der Waals surface area contributed by atoms with Gasteiger partial charge in [0.05, 0.1) is 13.0 Å². The van der Waals surface area contributed by atoms with Crippen molar-refractivity contribution in [3.05, 3.63) is 40.4 Å². The van der Waals surface area contributed by atoms with Crippen molar-refractivity contribution < 1.29 is 31.5 Å². The van der Waals surface area contributed by atoms with Gasteiger partial charge in [-0.15, -0.1) is 10.2 Å². The van der Waals surface area contributed by atoms with Gasteiger partial charge in [-0.3, -0.25) is 14.9 Å². The Kier molecular flexibility index (Phi) is 10.1. The van der Waals surface area contributed by atoms with E-state index in [9.17, 15) is 31.5 Å². The molecule has 7 nitrogen and oxygen atoms in total. The summed E-state index contributed by atoms with van der Waals surface area (Å²) in [6.45, 7) is 4.48. The molecule has 0 spiro atoms. The third kappa shape index (κ3) is 9.84. The number of benzene rings is 1. The van der Waals surface area contributed by atoms with E-state index >= 15 is 0 Å². The molecule has 0 saturated heterocycles. The molecule has 2 rings (SSSR count). The van der Waals surface area contributed by atoms with Crippen LogP contribution in [0.3, 0.4) is 0 Å². The summed E-state index contributed by atoms with van der Waals surface area (Å²) < 4.78 is 63.6. The van der Waals surface area contributed by atoms with Crippen molar-refractivity contribution in [1.29, 1.82) is 0 Å². The maximum atomic E-state index is 13.4. The van der Waals surface area contributed by atoms with Gasteiger partial charge in [0.2, 0.25) is 16.9 Å². The van der Waals surface area contributed by atoms with Crippen molar-refractivity contribution in [1.82, 2.24) is 20.8 Å². The lowest BCUT2D eigenvalue weighted by Crippen LogP contribution is -2.44. The Balaban J connectivity index is 1.95. The molecule has 0 bridgehead atoms. The Labute approximate surface area is 203 Å². The number of nitrogens with one attached hydrogen (secondary N) is 3. The van der Waals surface area contributed by atoms with Gasteiger partial charge in [-0.2, -0.15) is 13.2 Å². The standard InChI is InChI=1S/C22H28F5N5O2S/c1-4-5-16(29-17(33)10-13-8-14(23)11-15(24)9-13)18(34)30-20-32-31-19(35-20)21(2,3)6-7-28-12-22(25,26)27/h8-9,11,16,28H,4-7,10,12H2,1-3H3,(H,29,33)(H,30,32,34). The fourth-order valence-electron chi connectivity index (χ4n) is 3.18. The van der Waals surface area contributed by atoms with Gasteiger partial charge in [0.25, 0.3) is 0 Å². The highest BCUT2D eigenvalue weighted by Crippen LogP contribution is 2.31. The van der Waals surface area contributed by atoms with E-state index in [1.54, 1.807) is 0 Å². The number of nitrogens with zero attached hydrogens (tertiary/aromatic N) is 2. The second-order valence-electron chi connectivity index (χ2n) is 8.69. The fourth-order valence-corrected chi connectivity index (χ4v) is 4.06. The summed E-state index contributed by atoms with van der Waals surface area (Å²) in [7, 11) is 0. The molecular weight excluding hydrogens is 493 g/mol. The van der Waals surface area contributed by atoms with Crippen molar-refractivity contribution in [3.8, 4) is 0 Å². The van der Waals surface area contributed by atoms with Crippen LogP contribution in [-0.2, 0) is 21.4 Å². The normalized spacial score (nSPS) is 12.9. The van der Waals surface area contributed by atoms with Crippen molar-refractivity contribution in [2.45, 2.75) is 64.1 Å². The molecule has 1 aromatic carbocycles. The number of rotatable bonds is 12. The molecule has 0 fully saturated rings. The molecule has 1 atom stereocenters. The predicted molar refractivity (Wildman–Crippen MR) is 122 cm³/mol. The number of halogens is 5. The lowest BCUT2D eigenvalue weighted by molar-refractivity contribution is -0.126. The van der Waals surface area contributed by atoms with Crippen molar-refractivity contribution >= 4 is 28.3 Å². The minimum absolute atomic E-state index is 0.119. The molecule has 0 radical (unpaired) electrons. The van der Waals surface area contributed by atoms with Gasteiger partial charge in [0.15, 0.2) is 0 Å². The van der Waals surface area contributed by atoms with Gasteiger partial charge >= 0.3 is 6.18 Å². The van der Waals surface area contributed by atoms with Gasteiger partial charge < -0.3 is 10.6 Å². The van der Waals surface area contributed by atoms with Crippen LogP contribution in [-0.4, -0.2) is 47.3 Å². The van der Waals surface area contributed by atoms with E-state index in [1.807, 2.05) is 20.8 Å². The summed E-state index contributed by atoms with van der Waals surface area (Å²) in [5, 5.41) is 16.2. The smallest absolute Gasteiger partial charge is 0.344 e. The van der Waals surface area contributed by atoms with Gasteiger partial charge in [-0.05, 0) is 37.1 Å². The molecule has 0 saturated carbocycles. The molecule has 0 aliphatic heterocycles. The van der Waals surface area contributed by atoms with Crippen LogP contribution in [0.1, 0.15) is 50.6 Å². The molecule has 194 valence electrons. The van der Waals surface area contributed by atoms with Gasteiger partial charge in [-0.1, -0.05) is 38.5 Å². The summed E-state index contributed by atoms with van der Waals surface area (Å²) >= 11 is 1.09. The number of carbonyl (C=O) groups is 2. The van der Waals surface area contributed by atoms with Crippen LogP contribution in [0.4, 0.5) is 27.1 Å². The lowest BCUT2D eigenvalue weighted by atomic mass is 9.90. The Morgan fingerprint density at radius 3 is 2.34 bits per heavy atom. The van der Waals surface area contributed by atoms with E-state index in [2.05, 4.69) is 26.1 Å². The first-order valence-corrected chi connectivity index (χ1v) is 11.8. The average Bonchev–Trinajstić information content (AvgIpc) is 3.19. The molecule has 13 heteroatoms. The van der Waals surface area contributed by atoms with Crippen LogP contribution in [0, 0.1) is 11.6 Å². The SMILES string of the molecule is CCCC(NC(=O)Cc1cc(F)cc(F)c1)C(=O)Nc1nnc(C(C)(C)CCNCC(F)(F)F)s1. The first kappa shape index (κ1) is 28.6. The third-order valence-electron chi connectivity index (χ3n) is 5.00. The second kappa shape index (κ2) is 12.3. The number of alkyl halides is 3. The Morgan fingerprint density at radius 2 is 1.74 bits per heavy atom. The van der Waals surface area contributed by atoms with Crippen LogP contribution in [0.25, 0.3) is 0 Å². The zero-order valence-corrected chi connectivity index (χ0v) is 20.4. The van der Waals surface area contributed by atoms with Crippen LogP contribution in [0.5, 0.6) is 0 Å². The van der Waals surface area contributed by atoms with Crippen molar-refractivity contribution in [2.75, 3.05) is 18.4 Å². The molecule has 3 N–H and O–H groups in total. The zero-order chi connectivity index (χ0) is 26.2. The lowest BCUT2D eigenvalue weighted by Gasteiger charge is -2.21. The summed E-state index contributed by atoms with van der Waals surface area (Å²) in [5.41, 5.74) is -0.451. The number of hydrogen-bond donors (Lipinski definition) is 3. The third-order valence-corrected chi connectivity index (χ3v) is 6.21. The number of carbonyl (C=O) groups excluding carboxylic acids is 2. The first-order valence-electron chi connectivity index (χ1n) is 11.0. The van der Waals surface area contributed by atoms with E-state index in [0.717, 1.165) is 23.5 Å². The number of hydrogen-bond acceptors (Lipinski definition) is 6. The molecule has 35 heavy (non-hydrogen) atoms. The quantitative estimate of drug-likeness (QED) is 0.289. The summed E-state index contributed by atoms with van der Waals surface area (Å²) in [6, 6.07) is 1.88. The topological polar surface area (TPSA) is 96.0 Å². The first-order chi connectivity index (χ1) is 16.3. The highest BCUT2D eigenvalue weighted by Gasteiger charge is 2.29. The van der Waals surface area contributed by atoms with Crippen LogP contribution in [0.2, 0.25) is 0 Å². The van der Waals surface area contributed by atoms with E-state index in [4.69, 9.17) is 0 Å². The Bertz CT molecular complexity index is 992. The average molecular weight is 522 g/mol. The maximum Gasteiger partial charge on any atom is 0.401 e. The van der Waals surface area contributed by atoms with Crippen molar-refractivity contribution in [2.24, 2.45) is 0 Å². The van der Waals surface area contributed by atoms with Crippen LogP contribution >= 0.6 is 11.3 Å². The van der Waals surface area contributed by atoms with Gasteiger partial charge in [0.1, 0.15) is 22.7 Å². The van der Waals surface area contributed by atoms with E-state index < -0.39 is 47.6 Å². The number of anilines is 1. The summed E-state index contributed by atoms with van der Waals surface area (Å²) in [4.78, 5) is 25.1. The molecule has 1 heterocycles. The largest absolute Gasteiger partial charge is 0.401 e. The van der Waals surface area contributed by atoms with Crippen LogP contribution < -0.4 is 16.0 Å². The second-order valence-corrected chi connectivity index (χ2v) is 9.67. The molecule has 0 aliphatic carbocycles. The Hall–Kier alpha value is -2.67. The monoisotopic (exact) mass is 521 g/mol. The van der Waals surface area contributed by atoms with Crippen LogP contribution in [0.15, 0.2) is 18.2 Å².